The molecule has 2 aliphatic carbocycles. The first-order valence-electron chi connectivity index (χ1n) is 25.7. The number of hydrogen-bond donors (Lipinski definition) is 0. The van der Waals surface area contributed by atoms with Crippen LogP contribution in [0.3, 0.4) is 0 Å². The average molecular weight is 970 g/mol. The highest BCUT2D eigenvalue weighted by Gasteiger charge is 2.51. The molecule has 0 aliphatic heterocycles. The minimum atomic E-state index is -0.361. The van der Waals surface area contributed by atoms with Crippen LogP contribution in [-0.4, -0.2) is 15.0 Å². The van der Waals surface area contributed by atoms with E-state index in [0.29, 0.717) is 17.5 Å². The third kappa shape index (κ3) is 5.67. The fraction of sp³-hybridized carbons (Fsp3) is 0.0143. The van der Waals surface area contributed by atoms with E-state index in [1.54, 1.807) is 0 Å². The van der Waals surface area contributed by atoms with Gasteiger partial charge in [-0.15, -0.1) is 0 Å². The van der Waals surface area contributed by atoms with E-state index in [2.05, 4.69) is 164 Å². The summed E-state index contributed by atoms with van der Waals surface area (Å²) in [5.74, 6) is 1.55. The van der Waals surface area contributed by atoms with Crippen LogP contribution in [0.25, 0.3) is 144 Å². The van der Waals surface area contributed by atoms with Gasteiger partial charge < -0.3 is 13.3 Å². The lowest BCUT2D eigenvalue weighted by molar-refractivity contribution is 0.668. The maximum Gasteiger partial charge on any atom is 0.167 e. The van der Waals surface area contributed by atoms with Gasteiger partial charge in [0.25, 0.3) is 0 Å². The number of benzene rings is 11. The molecule has 15 aromatic rings. The normalized spacial score (nSPS) is 13.1. The Balaban J connectivity index is 0.793. The molecule has 2 aliphatic rings. The van der Waals surface area contributed by atoms with Crippen molar-refractivity contribution in [2.45, 2.75) is 5.41 Å². The Morgan fingerprint density at radius 1 is 0.250 bits per heavy atom. The summed E-state index contributed by atoms with van der Waals surface area (Å²) in [7, 11) is 0. The van der Waals surface area contributed by atoms with E-state index < -0.39 is 0 Å². The van der Waals surface area contributed by atoms with Gasteiger partial charge in [-0.25, -0.2) is 15.0 Å². The van der Waals surface area contributed by atoms with E-state index in [0.717, 1.165) is 99.2 Å². The molecule has 0 atom stereocenters. The Bertz CT molecular complexity index is 4910. The van der Waals surface area contributed by atoms with E-state index in [9.17, 15) is 0 Å². The molecule has 4 aromatic heterocycles. The van der Waals surface area contributed by atoms with Crippen LogP contribution in [0.2, 0.25) is 0 Å². The number of hydrogen-bond acceptors (Lipinski definition) is 6. The second-order valence-corrected chi connectivity index (χ2v) is 20.1. The summed E-state index contributed by atoms with van der Waals surface area (Å²) in [5.41, 5.74) is 21.8. The lowest BCUT2D eigenvalue weighted by Crippen LogP contribution is -2.25. The molecule has 11 aromatic carbocycles. The zero-order valence-corrected chi connectivity index (χ0v) is 40.6. The smallest absolute Gasteiger partial charge is 0.167 e. The number of fused-ring (bicyclic) bond motifs is 19. The number of furan rings is 3. The maximum atomic E-state index is 6.64. The number of nitrogens with zero attached hydrogens (tertiary/aromatic N) is 3. The maximum absolute atomic E-state index is 6.64. The Labute approximate surface area is 434 Å². The molecule has 76 heavy (non-hydrogen) atoms. The van der Waals surface area contributed by atoms with E-state index >= 15 is 0 Å². The zero-order valence-electron chi connectivity index (χ0n) is 40.6. The lowest BCUT2D eigenvalue weighted by atomic mass is 9.70. The molecule has 0 saturated carbocycles. The minimum absolute atomic E-state index is 0.361. The number of para-hydroxylation sites is 3. The van der Waals surface area contributed by atoms with Gasteiger partial charge in [0.15, 0.2) is 17.5 Å². The van der Waals surface area contributed by atoms with Crippen LogP contribution in [-0.2, 0) is 5.41 Å². The van der Waals surface area contributed by atoms with Crippen LogP contribution in [0, 0.1) is 0 Å². The van der Waals surface area contributed by atoms with Gasteiger partial charge >= 0.3 is 0 Å². The highest BCUT2D eigenvalue weighted by atomic mass is 16.3. The molecule has 6 nitrogen and oxygen atoms in total. The van der Waals surface area contributed by atoms with Gasteiger partial charge in [-0.1, -0.05) is 188 Å². The first kappa shape index (κ1) is 41.3. The van der Waals surface area contributed by atoms with Crippen LogP contribution >= 0.6 is 0 Å². The van der Waals surface area contributed by atoms with E-state index in [-0.39, 0.29) is 5.41 Å². The Morgan fingerprint density at radius 2 is 0.658 bits per heavy atom. The molecule has 0 amide bonds. The van der Waals surface area contributed by atoms with Gasteiger partial charge in [-0.2, -0.15) is 0 Å². The van der Waals surface area contributed by atoms with Gasteiger partial charge in [0.2, 0.25) is 0 Å². The molecular weight excluding hydrogens is 931 g/mol. The van der Waals surface area contributed by atoms with Crippen molar-refractivity contribution in [2.75, 3.05) is 0 Å². The highest BCUT2D eigenvalue weighted by molar-refractivity contribution is 6.15. The first-order valence-corrected chi connectivity index (χ1v) is 25.7. The summed E-state index contributed by atoms with van der Waals surface area (Å²) < 4.78 is 19.6. The molecule has 352 valence electrons. The van der Waals surface area contributed by atoms with Crippen LogP contribution in [0.15, 0.2) is 250 Å². The molecule has 0 unspecified atom stereocenters. The topological polar surface area (TPSA) is 78.1 Å². The van der Waals surface area contributed by atoms with Gasteiger partial charge in [-0.3, -0.25) is 0 Å². The third-order valence-electron chi connectivity index (χ3n) is 16.2. The van der Waals surface area contributed by atoms with Crippen molar-refractivity contribution >= 4 is 65.8 Å². The number of aromatic nitrogens is 3. The first-order chi connectivity index (χ1) is 37.7. The second kappa shape index (κ2) is 15.4. The summed E-state index contributed by atoms with van der Waals surface area (Å²) in [5, 5.41) is 5.87. The molecular formula is C70H39N3O3. The second-order valence-electron chi connectivity index (χ2n) is 20.1. The van der Waals surface area contributed by atoms with Crippen LogP contribution in [0.1, 0.15) is 22.3 Å². The largest absolute Gasteiger partial charge is 0.456 e. The molecule has 1 spiro atoms. The molecule has 0 radical (unpaired) electrons. The Hall–Kier alpha value is -10.2. The van der Waals surface area contributed by atoms with E-state index in [1.807, 2.05) is 72.8 Å². The van der Waals surface area contributed by atoms with Crippen molar-refractivity contribution in [1.82, 2.24) is 15.0 Å². The molecule has 0 N–H and O–H groups in total. The van der Waals surface area contributed by atoms with Gasteiger partial charge in [0.05, 0.1) is 11.0 Å². The summed E-state index contributed by atoms with van der Waals surface area (Å²) >= 11 is 0. The van der Waals surface area contributed by atoms with Gasteiger partial charge in [0, 0.05) is 43.4 Å². The quantitative estimate of drug-likeness (QED) is 0.171. The van der Waals surface area contributed by atoms with Gasteiger partial charge in [-0.05, 0) is 115 Å². The molecule has 0 bridgehead atoms. The summed E-state index contributed by atoms with van der Waals surface area (Å²) in [6.07, 6.45) is 0. The molecule has 0 saturated heterocycles. The Morgan fingerprint density at radius 3 is 1.30 bits per heavy atom. The Kier molecular flexibility index (Phi) is 8.39. The summed E-state index contributed by atoms with van der Waals surface area (Å²) in [6, 6.07) is 84.0. The van der Waals surface area contributed by atoms with E-state index in [1.165, 1.54) is 50.1 Å². The standard InChI is InChI=1S/C70H39N3O3/c1-6-23-55-44(14-1)45-15-2-7-24-56(45)70(55)57-25-8-3-16-46(57)53-38-42(34-36-58(53)70)40-30-32-41(33-31-40)43-35-37-61-54(39-43)65-51(21-13-29-63(65)75-61)68-71-67(50-20-12-28-62-64(50)49-18-5-10-27-60(49)74-62)72-69(73-68)52-22-11-19-48-47-17-4-9-26-59(47)76-66(48)52/h1-39H. The van der Waals surface area contributed by atoms with Crippen LogP contribution < -0.4 is 0 Å². The van der Waals surface area contributed by atoms with Gasteiger partial charge in [0.1, 0.15) is 33.5 Å². The van der Waals surface area contributed by atoms with Crippen molar-refractivity contribution < 1.29 is 13.3 Å². The molecule has 4 heterocycles. The van der Waals surface area contributed by atoms with Crippen molar-refractivity contribution in [3.8, 4) is 78.7 Å². The SMILES string of the molecule is c1ccc2c(c1)-c1ccccc1C21c2ccccc2-c2cc(-c3ccc(-c4ccc5oc6cccc(-c7nc(-c8cccc9c8oc8ccccc89)nc(-c8cccc9oc%10ccccc%10c89)n7)c6c5c4)cc3)ccc21. The van der Waals surface area contributed by atoms with E-state index in [4.69, 9.17) is 28.2 Å². The summed E-state index contributed by atoms with van der Waals surface area (Å²) in [4.78, 5) is 16.0. The monoisotopic (exact) mass is 969 g/mol. The molecule has 0 fully saturated rings. The van der Waals surface area contributed by atoms with Crippen molar-refractivity contribution in [3.63, 3.8) is 0 Å². The number of rotatable bonds is 5. The zero-order chi connectivity index (χ0) is 49.6. The van der Waals surface area contributed by atoms with Crippen molar-refractivity contribution in [3.05, 3.63) is 259 Å². The van der Waals surface area contributed by atoms with Crippen LogP contribution in [0.4, 0.5) is 0 Å². The third-order valence-corrected chi connectivity index (χ3v) is 16.2. The highest BCUT2D eigenvalue weighted by Crippen LogP contribution is 2.63. The molecule has 6 heteroatoms. The molecule has 17 rings (SSSR count). The average Bonchev–Trinajstić information content (AvgIpc) is 4.32. The van der Waals surface area contributed by atoms with Crippen molar-refractivity contribution in [1.29, 1.82) is 0 Å². The fourth-order valence-corrected chi connectivity index (χ4v) is 12.9. The van der Waals surface area contributed by atoms with Crippen LogP contribution in [0.5, 0.6) is 0 Å². The summed E-state index contributed by atoms with van der Waals surface area (Å²) in [6.45, 7) is 0. The fourth-order valence-electron chi connectivity index (χ4n) is 12.9. The predicted octanol–water partition coefficient (Wildman–Crippen LogP) is 18.2. The van der Waals surface area contributed by atoms with Crippen molar-refractivity contribution in [2.24, 2.45) is 0 Å². The minimum Gasteiger partial charge on any atom is -0.456 e. The predicted molar refractivity (Wildman–Crippen MR) is 305 cm³/mol. The lowest BCUT2D eigenvalue weighted by Gasteiger charge is -2.30.